The highest BCUT2D eigenvalue weighted by molar-refractivity contribution is 5.77. The van der Waals surface area contributed by atoms with Gasteiger partial charge in [0, 0.05) is 31.4 Å². The third kappa shape index (κ3) is 4.78. The average Bonchev–Trinajstić information content (AvgIpc) is 2.74. The van der Waals surface area contributed by atoms with Gasteiger partial charge in [0.2, 0.25) is 17.1 Å². The fourth-order valence-corrected chi connectivity index (χ4v) is 3.09. The first-order valence-corrected chi connectivity index (χ1v) is 9.25. The number of hydrogen-bond acceptors (Lipinski definition) is 7. The molecule has 0 aliphatic rings. The lowest BCUT2D eigenvalue weighted by Gasteiger charge is -2.19. The molecule has 0 unspecified atom stereocenters. The number of carbonyl (C=O) groups is 1. The van der Waals surface area contributed by atoms with Gasteiger partial charge in [0.1, 0.15) is 5.76 Å². The molecule has 0 spiro atoms. The van der Waals surface area contributed by atoms with Crippen LogP contribution in [0.3, 0.4) is 0 Å². The Kier molecular flexibility index (Phi) is 6.36. The van der Waals surface area contributed by atoms with Crippen molar-refractivity contribution in [2.24, 2.45) is 0 Å². The second-order valence-corrected chi connectivity index (χ2v) is 6.75. The zero-order valence-electron chi connectivity index (χ0n) is 16.6. The number of phenols is 1. The monoisotopic (exact) mass is 410 g/mol. The number of nitrogens with zero attached hydrogens (tertiary/aromatic N) is 1. The first kappa shape index (κ1) is 20.9. The molecule has 1 atom stereocenters. The van der Waals surface area contributed by atoms with E-state index in [4.69, 9.17) is 9.15 Å². The summed E-state index contributed by atoms with van der Waals surface area (Å²) in [6, 6.07) is 9.29. The largest absolute Gasteiger partial charge is 0.504 e. The zero-order chi connectivity index (χ0) is 21.7. The first-order valence-electron chi connectivity index (χ1n) is 9.25. The maximum absolute atomic E-state index is 12.7. The molecule has 3 rings (SSSR count). The molecule has 1 amide bonds. The van der Waals surface area contributed by atoms with Gasteiger partial charge in [-0.25, -0.2) is 0 Å². The summed E-state index contributed by atoms with van der Waals surface area (Å²) >= 11 is 0. The van der Waals surface area contributed by atoms with E-state index in [1.807, 2.05) is 0 Å². The summed E-state index contributed by atoms with van der Waals surface area (Å²) in [4.78, 5) is 28.7. The van der Waals surface area contributed by atoms with E-state index in [1.165, 1.54) is 25.3 Å². The Morgan fingerprint density at radius 2 is 1.93 bits per heavy atom. The molecule has 0 fully saturated rings. The van der Waals surface area contributed by atoms with Crippen LogP contribution in [0, 0.1) is 6.92 Å². The summed E-state index contributed by atoms with van der Waals surface area (Å²) in [7, 11) is 1.40. The number of phenolic OH excluding ortho intramolecular Hbond substituents is 1. The minimum absolute atomic E-state index is 0.0215. The first-order chi connectivity index (χ1) is 14.4. The van der Waals surface area contributed by atoms with Crippen molar-refractivity contribution in [1.82, 2.24) is 10.3 Å². The van der Waals surface area contributed by atoms with Crippen LogP contribution in [0.25, 0.3) is 0 Å². The number of ether oxygens (including phenoxy) is 1. The number of aryl methyl sites for hydroxylation is 1. The van der Waals surface area contributed by atoms with Crippen LogP contribution in [0.15, 0.2) is 58.0 Å². The highest BCUT2D eigenvalue weighted by Gasteiger charge is 2.26. The van der Waals surface area contributed by atoms with Gasteiger partial charge in [-0.05, 0) is 42.3 Å². The standard InChI is InChI=1S/C22H22N2O6/c1-13-9-18(26)21(28)22(30-13)16(15-3-4-17(25)19(10-15)29-2)11-20(27)24-12-14-5-7-23-8-6-14/h3-10,16,25,28H,11-12H2,1-2H3,(H,24,27)/t16-/m1/s1. The van der Waals surface area contributed by atoms with Crippen LogP contribution in [0.4, 0.5) is 0 Å². The van der Waals surface area contributed by atoms with Crippen LogP contribution in [0.1, 0.15) is 35.0 Å². The van der Waals surface area contributed by atoms with Crippen molar-refractivity contribution < 1.29 is 24.2 Å². The van der Waals surface area contributed by atoms with E-state index >= 15 is 0 Å². The minimum atomic E-state index is -0.774. The van der Waals surface area contributed by atoms with Gasteiger partial charge < -0.3 is 24.7 Å². The number of rotatable bonds is 7. The van der Waals surface area contributed by atoms with Crippen molar-refractivity contribution in [1.29, 1.82) is 0 Å². The fraction of sp³-hybridized carbons (Fsp3) is 0.227. The molecule has 0 radical (unpaired) electrons. The fourth-order valence-electron chi connectivity index (χ4n) is 3.09. The Morgan fingerprint density at radius 3 is 2.63 bits per heavy atom. The quantitative estimate of drug-likeness (QED) is 0.547. The molecule has 3 aromatic rings. The molecule has 0 saturated carbocycles. The van der Waals surface area contributed by atoms with Crippen LogP contribution in [-0.2, 0) is 11.3 Å². The highest BCUT2D eigenvalue weighted by Crippen LogP contribution is 2.37. The summed E-state index contributed by atoms with van der Waals surface area (Å²) in [5.74, 6) is -1.23. The SMILES string of the molecule is COc1cc([C@@H](CC(=O)NCc2ccncc2)c2oc(C)cc(=O)c2O)ccc1O. The van der Waals surface area contributed by atoms with Crippen LogP contribution < -0.4 is 15.5 Å². The zero-order valence-corrected chi connectivity index (χ0v) is 16.6. The van der Waals surface area contributed by atoms with Gasteiger partial charge >= 0.3 is 0 Å². The van der Waals surface area contributed by atoms with Crippen molar-refractivity contribution >= 4 is 5.91 Å². The molecule has 156 valence electrons. The smallest absolute Gasteiger partial charge is 0.227 e. The Hall–Kier alpha value is -3.81. The van der Waals surface area contributed by atoms with Crippen molar-refractivity contribution in [3.05, 3.63) is 81.7 Å². The number of methoxy groups -OCH3 is 1. The highest BCUT2D eigenvalue weighted by atomic mass is 16.5. The lowest BCUT2D eigenvalue weighted by Crippen LogP contribution is -2.25. The summed E-state index contributed by atoms with van der Waals surface area (Å²) in [6.07, 6.45) is 3.16. The summed E-state index contributed by atoms with van der Waals surface area (Å²) in [5, 5.41) is 23.0. The van der Waals surface area contributed by atoms with Crippen LogP contribution in [0.5, 0.6) is 17.2 Å². The maximum Gasteiger partial charge on any atom is 0.227 e. The molecule has 2 aromatic heterocycles. The summed E-state index contributed by atoms with van der Waals surface area (Å²) in [5.41, 5.74) is 0.820. The van der Waals surface area contributed by atoms with E-state index in [-0.39, 0.29) is 29.6 Å². The molecular weight excluding hydrogens is 388 g/mol. The predicted molar refractivity (Wildman–Crippen MR) is 109 cm³/mol. The van der Waals surface area contributed by atoms with Gasteiger partial charge in [0.25, 0.3) is 0 Å². The third-order valence-corrected chi connectivity index (χ3v) is 4.62. The number of carbonyl (C=O) groups excluding carboxylic acids is 1. The minimum Gasteiger partial charge on any atom is -0.504 e. The Bertz CT molecular complexity index is 1090. The second-order valence-electron chi connectivity index (χ2n) is 6.75. The van der Waals surface area contributed by atoms with Gasteiger partial charge in [0.15, 0.2) is 17.3 Å². The number of nitrogens with one attached hydrogen (secondary N) is 1. The number of amides is 1. The van der Waals surface area contributed by atoms with Crippen molar-refractivity contribution in [2.45, 2.75) is 25.8 Å². The van der Waals surface area contributed by atoms with E-state index in [2.05, 4.69) is 10.3 Å². The molecule has 0 aliphatic heterocycles. The van der Waals surface area contributed by atoms with Crippen LogP contribution in [0.2, 0.25) is 0 Å². The maximum atomic E-state index is 12.7. The molecule has 8 heteroatoms. The van der Waals surface area contributed by atoms with Crippen molar-refractivity contribution in [3.8, 4) is 17.2 Å². The lowest BCUT2D eigenvalue weighted by molar-refractivity contribution is -0.121. The van der Waals surface area contributed by atoms with Gasteiger partial charge in [-0.3, -0.25) is 14.6 Å². The molecule has 8 nitrogen and oxygen atoms in total. The molecule has 1 aromatic carbocycles. The van der Waals surface area contributed by atoms with E-state index in [0.717, 1.165) is 5.56 Å². The van der Waals surface area contributed by atoms with Gasteiger partial charge in [0.05, 0.1) is 13.0 Å². The van der Waals surface area contributed by atoms with Crippen LogP contribution in [-0.4, -0.2) is 28.2 Å². The van der Waals surface area contributed by atoms with Crippen molar-refractivity contribution in [2.75, 3.05) is 7.11 Å². The molecule has 0 aliphatic carbocycles. The van der Waals surface area contributed by atoms with Crippen LogP contribution >= 0.6 is 0 Å². The number of aromatic nitrogens is 1. The van der Waals surface area contributed by atoms with E-state index < -0.39 is 17.1 Å². The Morgan fingerprint density at radius 1 is 1.20 bits per heavy atom. The summed E-state index contributed by atoms with van der Waals surface area (Å²) < 4.78 is 10.8. The number of hydrogen-bond donors (Lipinski definition) is 3. The normalized spacial score (nSPS) is 11.7. The lowest BCUT2D eigenvalue weighted by atomic mass is 9.91. The van der Waals surface area contributed by atoms with E-state index in [9.17, 15) is 19.8 Å². The molecule has 30 heavy (non-hydrogen) atoms. The molecular formula is C22H22N2O6. The molecule has 2 heterocycles. The van der Waals surface area contributed by atoms with Gasteiger partial charge in [-0.1, -0.05) is 6.07 Å². The number of benzene rings is 1. The number of aromatic hydroxyl groups is 2. The third-order valence-electron chi connectivity index (χ3n) is 4.62. The molecule has 0 bridgehead atoms. The van der Waals surface area contributed by atoms with Gasteiger partial charge in [-0.2, -0.15) is 0 Å². The summed E-state index contributed by atoms with van der Waals surface area (Å²) in [6.45, 7) is 1.89. The molecule has 3 N–H and O–H groups in total. The average molecular weight is 410 g/mol. The van der Waals surface area contributed by atoms with E-state index in [1.54, 1.807) is 37.5 Å². The predicted octanol–water partition coefficient (Wildman–Crippen LogP) is 2.60. The van der Waals surface area contributed by atoms with Crippen molar-refractivity contribution in [3.63, 3.8) is 0 Å². The Labute approximate surface area is 172 Å². The Balaban J connectivity index is 1.94. The molecule has 0 saturated heterocycles. The topological polar surface area (TPSA) is 122 Å². The van der Waals surface area contributed by atoms with Gasteiger partial charge in [-0.15, -0.1) is 0 Å². The van der Waals surface area contributed by atoms with E-state index in [0.29, 0.717) is 17.9 Å². The number of pyridine rings is 1. The second kappa shape index (κ2) is 9.13.